The number of aromatic nitrogens is 1. The van der Waals surface area contributed by atoms with Gasteiger partial charge in [-0.25, -0.2) is 14.6 Å². The maximum Gasteiger partial charge on any atom is 0.411 e. The normalized spacial score (nSPS) is 18.4. The molecule has 7 nitrogen and oxygen atoms in total. The van der Waals surface area contributed by atoms with Crippen LogP contribution >= 0.6 is 0 Å². The number of hydrogen-bond acceptors (Lipinski definition) is 5. The number of carboxylic acid groups (broad SMARTS) is 1. The van der Waals surface area contributed by atoms with Crippen LogP contribution in [0.25, 0.3) is 22.2 Å². The predicted octanol–water partition coefficient (Wildman–Crippen LogP) is 5.05. The molecule has 0 unspecified atom stereocenters. The number of likely N-dealkylation sites (tertiary alicyclic amines) is 1. The van der Waals surface area contributed by atoms with Gasteiger partial charge in [-0.3, -0.25) is 4.90 Å². The van der Waals surface area contributed by atoms with Gasteiger partial charge in [-0.15, -0.1) is 0 Å². The Kier molecular flexibility index (Phi) is 5.97. The molecule has 1 amide bonds. The summed E-state index contributed by atoms with van der Waals surface area (Å²) in [5.41, 5.74) is 2.87. The van der Waals surface area contributed by atoms with Gasteiger partial charge in [0.05, 0.1) is 17.8 Å². The third-order valence-electron chi connectivity index (χ3n) is 5.47. The van der Waals surface area contributed by atoms with E-state index < -0.39 is 29.8 Å². The molecule has 0 aliphatic carbocycles. The van der Waals surface area contributed by atoms with Crippen molar-refractivity contribution in [3.63, 3.8) is 0 Å². The average Bonchev–Trinajstić information content (AvgIpc) is 3.17. The van der Waals surface area contributed by atoms with E-state index in [1.165, 1.54) is 4.90 Å². The second-order valence-electron chi connectivity index (χ2n) is 9.35. The number of amides is 1. The van der Waals surface area contributed by atoms with Gasteiger partial charge in [0.2, 0.25) is 0 Å². The standard InChI is InChI=1S/C26H28N2O5/c1-16-10-11-19-21(12-16)27-20(17-8-6-5-7-9-17)14-23(19)32-18-13-22(24(29)30)28(15-18)25(31)33-26(2,3)4/h5-12,14,18,22H,13,15H2,1-4H3,(H,29,30)/t18-,22+/m1/s1. The first-order valence-corrected chi connectivity index (χ1v) is 11.0. The quantitative estimate of drug-likeness (QED) is 0.601. The van der Waals surface area contributed by atoms with E-state index in [2.05, 4.69) is 0 Å². The highest BCUT2D eigenvalue weighted by molar-refractivity contribution is 5.88. The minimum atomic E-state index is -1.08. The van der Waals surface area contributed by atoms with Crippen molar-refractivity contribution in [3.05, 3.63) is 60.2 Å². The Labute approximate surface area is 193 Å². The summed E-state index contributed by atoms with van der Waals surface area (Å²) in [5, 5.41) is 10.5. The largest absolute Gasteiger partial charge is 0.488 e. The van der Waals surface area contributed by atoms with E-state index >= 15 is 0 Å². The zero-order chi connectivity index (χ0) is 23.8. The third-order valence-corrected chi connectivity index (χ3v) is 5.47. The average molecular weight is 449 g/mol. The Morgan fingerprint density at radius 2 is 1.82 bits per heavy atom. The van der Waals surface area contributed by atoms with Gasteiger partial charge in [-0.1, -0.05) is 36.4 Å². The van der Waals surface area contributed by atoms with Crippen molar-refractivity contribution in [1.82, 2.24) is 9.88 Å². The molecule has 4 rings (SSSR count). The van der Waals surface area contributed by atoms with Crippen LogP contribution < -0.4 is 4.74 Å². The van der Waals surface area contributed by atoms with E-state index in [4.69, 9.17) is 14.5 Å². The molecule has 33 heavy (non-hydrogen) atoms. The number of nitrogens with zero attached hydrogens (tertiary/aromatic N) is 2. The molecule has 1 aliphatic heterocycles. The van der Waals surface area contributed by atoms with E-state index in [9.17, 15) is 14.7 Å². The summed E-state index contributed by atoms with van der Waals surface area (Å²) >= 11 is 0. The molecule has 0 bridgehead atoms. The maximum absolute atomic E-state index is 12.6. The summed E-state index contributed by atoms with van der Waals surface area (Å²) in [5.74, 6) is -0.467. The first-order valence-electron chi connectivity index (χ1n) is 11.0. The Balaban J connectivity index is 1.67. The van der Waals surface area contributed by atoms with Crippen molar-refractivity contribution >= 4 is 23.0 Å². The number of carbonyl (C=O) groups is 2. The van der Waals surface area contributed by atoms with Crippen molar-refractivity contribution in [2.75, 3.05) is 6.54 Å². The number of hydrogen-bond donors (Lipinski definition) is 1. The molecule has 2 aromatic carbocycles. The monoisotopic (exact) mass is 448 g/mol. The number of benzene rings is 2. The summed E-state index contributed by atoms with van der Waals surface area (Å²) in [6, 6.07) is 16.6. The van der Waals surface area contributed by atoms with E-state index in [-0.39, 0.29) is 13.0 Å². The second kappa shape index (κ2) is 8.73. The highest BCUT2D eigenvalue weighted by Gasteiger charge is 2.42. The van der Waals surface area contributed by atoms with Gasteiger partial charge in [-0.05, 0) is 45.4 Å². The number of fused-ring (bicyclic) bond motifs is 1. The highest BCUT2D eigenvalue weighted by Crippen LogP contribution is 2.33. The van der Waals surface area contributed by atoms with Crippen LogP contribution in [0.15, 0.2) is 54.6 Å². The fraction of sp³-hybridized carbons (Fsp3) is 0.346. The summed E-state index contributed by atoms with van der Waals surface area (Å²) < 4.78 is 11.7. The van der Waals surface area contributed by atoms with Crippen molar-refractivity contribution in [3.8, 4) is 17.0 Å². The van der Waals surface area contributed by atoms with Gasteiger partial charge < -0.3 is 14.6 Å². The van der Waals surface area contributed by atoms with E-state index in [1.807, 2.05) is 61.5 Å². The number of aryl methyl sites for hydroxylation is 1. The Hall–Kier alpha value is -3.61. The van der Waals surface area contributed by atoms with Gasteiger partial charge >= 0.3 is 12.1 Å². The summed E-state index contributed by atoms with van der Waals surface area (Å²) in [4.78, 5) is 30.5. The van der Waals surface area contributed by atoms with Crippen molar-refractivity contribution in [2.24, 2.45) is 0 Å². The number of rotatable bonds is 4. The molecular weight excluding hydrogens is 420 g/mol. The van der Waals surface area contributed by atoms with Crippen molar-refractivity contribution < 1.29 is 24.2 Å². The Morgan fingerprint density at radius 3 is 2.48 bits per heavy atom. The van der Waals surface area contributed by atoms with Gasteiger partial charge in [-0.2, -0.15) is 0 Å². The number of pyridine rings is 1. The van der Waals surface area contributed by atoms with Gasteiger partial charge in [0.1, 0.15) is 23.5 Å². The van der Waals surface area contributed by atoms with Crippen LogP contribution in [0.3, 0.4) is 0 Å². The summed E-state index contributed by atoms with van der Waals surface area (Å²) in [6.07, 6.45) is -0.972. The molecule has 1 N–H and O–H groups in total. The Morgan fingerprint density at radius 1 is 1.09 bits per heavy atom. The Bertz CT molecular complexity index is 1190. The molecule has 1 saturated heterocycles. The smallest absolute Gasteiger partial charge is 0.411 e. The molecule has 0 saturated carbocycles. The van der Waals surface area contributed by atoms with Gasteiger partial charge in [0, 0.05) is 23.4 Å². The predicted molar refractivity (Wildman–Crippen MR) is 125 cm³/mol. The molecular formula is C26H28N2O5. The number of carboxylic acids is 1. The minimum absolute atomic E-state index is 0.127. The molecule has 1 aromatic heterocycles. The molecule has 1 aliphatic rings. The van der Waals surface area contributed by atoms with Crippen LogP contribution in [0.1, 0.15) is 32.8 Å². The van der Waals surface area contributed by atoms with Gasteiger partial charge in [0.25, 0.3) is 0 Å². The van der Waals surface area contributed by atoms with E-state index in [0.29, 0.717) is 5.75 Å². The molecule has 1 fully saturated rings. The zero-order valence-electron chi connectivity index (χ0n) is 19.2. The van der Waals surface area contributed by atoms with E-state index in [1.54, 1.807) is 20.8 Å². The first-order chi connectivity index (χ1) is 15.6. The van der Waals surface area contributed by atoms with Crippen molar-refractivity contribution in [2.45, 2.75) is 51.9 Å². The molecule has 2 atom stereocenters. The summed E-state index contributed by atoms with van der Waals surface area (Å²) in [7, 11) is 0. The lowest BCUT2D eigenvalue weighted by atomic mass is 10.1. The highest BCUT2D eigenvalue weighted by atomic mass is 16.6. The van der Waals surface area contributed by atoms with Crippen LogP contribution in [0, 0.1) is 6.92 Å². The lowest BCUT2D eigenvalue weighted by Crippen LogP contribution is -2.43. The fourth-order valence-corrected chi connectivity index (χ4v) is 3.98. The molecule has 3 aromatic rings. The van der Waals surface area contributed by atoms with Crippen LogP contribution in [0.2, 0.25) is 0 Å². The van der Waals surface area contributed by atoms with E-state index in [0.717, 1.165) is 27.7 Å². The molecule has 7 heteroatoms. The minimum Gasteiger partial charge on any atom is -0.488 e. The van der Waals surface area contributed by atoms with Crippen molar-refractivity contribution in [1.29, 1.82) is 0 Å². The summed E-state index contributed by atoms with van der Waals surface area (Å²) in [6.45, 7) is 7.38. The number of ether oxygens (including phenoxy) is 2. The molecule has 0 radical (unpaired) electrons. The van der Waals surface area contributed by atoms with Crippen LogP contribution in [0.4, 0.5) is 4.79 Å². The van der Waals surface area contributed by atoms with Crippen LogP contribution in [-0.2, 0) is 9.53 Å². The third kappa shape index (κ3) is 5.08. The lowest BCUT2D eigenvalue weighted by Gasteiger charge is -2.26. The SMILES string of the molecule is Cc1ccc2c(O[C@@H]3C[C@@H](C(=O)O)N(C(=O)OC(C)(C)C)C3)cc(-c3ccccc3)nc2c1. The first kappa shape index (κ1) is 22.6. The zero-order valence-corrected chi connectivity index (χ0v) is 19.2. The maximum atomic E-state index is 12.6. The number of carbonyl (C=O) groups excluding carboxylic acids is 1. The number of aliphatic carboxylic acids is 1. The second-order valence-corrected chi connectivity index (χ2v) is 9.35. The van der Waals surface area contributed by atoms with Gasteiger partial charge in [0.15, 0.2) is 0 Å². The fourth-order valence-electron chi connectivity index (χ4n) is 3.98. The van der Waals surface area contributed by atoms with Crippen LogP contribution in [-0.4, -0.2) is 51.3 Å². The molecule has 172 valence electrons. The molecule has 0 spiro atoms. The van der Waals surface area contributed by atoms with Crippen LogP contribution in [0.5, 0.6) is 5.75 Å². The topological polar surface area (TPSA) is 89.0 Å². The lowest BCUT2D eigenvalue weighted by molar-refractivity contribution is -0.142. The molecule has 2 heterocycles.